The highest BCUT2D eigenvalue weighted by molar-refractivity contribution is 8.01. The number of nitrogens with zero attached hydrogens (tertiary/aromatic N) is 1. The van der Waals surface area contributed by atoms with E-state index in [0.717, 1.165) is 27.4 Å². The number of carbonyl (C=O) groups excluding carboxylic acids is 2. The van der Waals surface area contributed by atoms with E-state index in [1.165, 1.54) is 16.9 Å². The number of esters is 1. The molecule has 0 N–H and O–H groups in total. The summed E-state index contributed by atoms with van der Waals surface area (Å²) in [6, 6.07) is 25.4. The van der Waals surface area contributed by atoms with E-state index in [1.807, 2.05) is 77.3 Å². The molecule has 0 saturated carbocycles. The quantitative estimate of drug-likeness (QED) is 0.136. The van der Waals surface area contributed by atoms with Crippen molar-refractivity contribution in [1.29, 1.82) is 0 Å². The van der Waals surface area contributed by atoms with Gasteiger partial charge in [-0.3, -0.25) is 4.79 Å². The zero-order valence-electron chi connectivity index (χ0n) is 18.7. The van der Waals surface area contributed by atoms with E-state index in [-0.39, 0.29) is 12.4 Å². The molecule has 2 aromatic carbocycles. The third-order valence-corrected chi connectivity index (χ3v) is 8.09. The van der Waals surface area contributed by atoms with Crippen LogP contribution in [0.4, 0.5) is 0 Å². The summed E-state index contributed by atoms with van der Waals surface area (Å²) in [5.74, 6) is 0.391. The molecule has 170 valence electrons. The number of pyridine rings is 1. The highest BCUT2D eigenvalue weighted by Crippen LogP contribution is 2.44. The van der Waals surface area contributed by atoms with Crippen molar-refractivity contribution in [3.05, 3.63) is 107 Å². The number of hydrogen-bond donors (Lipinski definition) is 0. The summed E-state index contributed by atoms with van der Waals surface area (Å²) in [5, 5.41) is 0.686. The maximum absolute atomic E-state index is 13.6. The summed E-state index contributed by atoms with van der Waals surface area (Å²) < 4.78 is 8.47. The van der Waals surface area contributed by atoms with E-state index in [0.29, 0.717) is 21.4 Å². The summed E-state index contributed by atoms with van der Waals surface area (Å²) in [5.41, 5.74) is 4.00. The van der Waals surface area contributed by atoms with Crippen LogP contribution >= 0.6 is 23.1 Å². The molecule has 0 saturated heterocycles. The van der Waals surface area contributed by atoms with Gasteiger partial charge in [0.2, 0.25) is 5.78 Å². The topological polar surface area (TPSA) is 47.8 Å². The van der Waals surface area contributed by atoms with Crippen LogP contribution in [0.5, 0.6) is 0 Å². The fourth-order valence-corrected chi connectivity index (χ4v) is 6.71. The molecule has 3 heterocycles. The molecule has 6 heteroatoms. The van der Waals surface area contributed by atoms with Gasteiger partial charge < -0.3 is 9.14 Å². The van der Waals surface area contributed by atoms with E-state index < -0.39 is 5.97 Å². The number of benzene rings is 2. The number of hydrogen-bond acceptors (Lipinski definition) is 5. The molecule has 5 aromatic rings. The first-order chi connectivity index (χ1) is 16.7. The molecule has 0 fully saturated rings. The van der Waals surface area contributed by atoms with Crippen molar-refractivity contribution in [3.8, 4) is 0 Å². The number of aromatic nitrogens is 1. The van der Waals surface area contributed by atoms with Gasteiger partial charge >= 0.3 is 5.97 Å². The highest BCUT2D eigenvalue weighted by atomic mass is 32.2. The van der Waals surface area contributed by atoms with Gasteiger partial charge in [-0.15, -0.1) is 23.1 Å². The van der Waals surface area contributed by atoms with Crippen molar-refractivity contribution < 1.29 is 14.3 Å². The predicted octanol–water partition coefficient (Wildman–Crippen LogP) is 6.90. The monoisotopic (exact) mass is 485 g/mol. The molecule has 34 heavy (non-hydrogen) atoms. The summed E-state index contributed by atoms with van der Waals surface area (Å²) in [6.07, 6.45) is 2.87. The largest absolute Gasteiger partial charge is 0.462 e. The van der Waals surface area contributed by atoms with Crippen molar-refractivity contribution in [2.75, 3.05) is 12.4 Å². The number of carbonyl (C=O) groups is 2. The Labute approximate surface area is 206 Å². The standard InChI is InChI=1S/C28H23NO3S2/c1-2-32-27(31)22-21-15-9-10-17-29(21)24-23(22)26(25(30)20-13-7-4-8-14-20)34-28(24)33-18-16-19-11-5-3-6-12-19/h3-15,17H,2,16,18H2,1H3. The Hall–Kier alpha value is -3.35. The molecule has 0 aliphatic rings. The van der Waals surface area contributed by atoms with Crippen molar-refractivity contribution in [1.82, 2.24) is 4.40 Å². The van der Waals surface area contributed by atoms with Gasteiger partial charge in [-0.05, 0) is 31.0 Å². The number of fused-ring (bicyclic) bond motifs is 3. The van der Waals surface area contributed by atoms with Gasteiger partial charge in [-0.1, -0.05) is 66.7 Å². The molecule has 4 nitrogen and oxygen atoms in total. The summed E-state index contributed by atoms with van der Waals surface area (Å²) in [4.78, 5) is 27.3. The van der Waals surface area contributed by atoms with Crippen LogP contribution in [0, 0.1) is 0 Å². The van der Waals surface area contributed by atoms with Crippen molar-refractivity contribution in [3.63, 3.8) is 0 Å². The molecule has 3 aromatic heterocycles. The van der Waals surface area contributed by atoms with E-state index in [9.17, 15) is 9.59 Å². The lowest BCUT2D eigenvalue weighted by Crippen LogP contribution is -2.06. The molecule has 0 bridgehead atoms. The Morgan fingerprint density at radius 1 is 0.941 bits per heavy atom. The van der Waals surface area contributed by atoms with E-state index in [2.05, 4.69) is 12.1 Å². The first kappa shape index (κ1) is 22.4. The van der Waals surface area contributed by atoms with E-state index in [1.54, 1.807) is 18.7 Å². The molecule has 0 atom stereocenters. The minimum Gasteiger partial charge on any atom is -0.462 e. The lowest BCUT2D eigenvalue weighted by molar-refractivity contribution is 0.0531. The lowest BCUT2D eigenvalue weighted by atomic mass is 10.1. The van der Waals surface area contributed by atoms with Gasteiger partial charge in [-0.2, -0.15) is 0 Å². The maximum atomic E-state index is 13.6. The van der Waals surface area contributed by atoms with Crippen LogP contribution in [0.25, 0.3) is 16.4 Å². The number of aryl methyl sites for hydroxylation is 1. The zero-order valence-corrected chi connectivity index (χ0v) is 20.3. The number of ketones is 1. The Morgan fingerprint density at radius 3 is 2.38 bits per heavy atom. The van der Waals surface area contributed by atoms with Crippen LogP contribution in [0.1, 0.15) is 38.1 Å². The summed E-state index contributed by atoms with van der Waals surface area (Å²) in [7, 11) is 0. The van der Waals surface area contributed by atoms with Gasteiger partial charge in [0, 0.05) is 22.9 Å². The van der Waals surface area contributed by atoms with Crippen molar-refractivity contribution in [2.45, 2.75) is 17.6 Å². The van der Waals surface area contributed by atoms with Crippen LogP contribution in [0.3, 0.4) is 0 Å². The van der Waals surface area contributed by atoms with Crippen molar-refractivity contribution >= 4 is 51.3 Å². The Balaban J connectivity index is 1.67. The third kappa shape index (κ3) is 4.15. The number of thioether (sulfide) groups is 1. The number of rotatable bonds is 8. The van der Waals surface area contributed by atoms with E-state index in [4.69, 9.17) is 4.74 Å². The molecule has 0 radical (unpaired) electrons. The second kappa shape index (κ2) is 9.87. The Bertz CT molecular complexity index is 1470. The minimum absolute atomic E-state index is 0.0769. The molecule has 0 spiro atoms. The summed E-state index contributed by atoms with van der Waals surface area (Å²) in [6.45, 7) is 2.07. The van der Waals surface area contributed by atoms with Crippen LogP contribution in [0.15, 0.2) is 89.3 Å². The van der Waals surface area contributed by atoms with Gasteiger partial charge in [0.05, 0.1) is 32.3 Å². The van der Waals surface area contributed by atoms with E-state index >= 15 is 0 Å². The predicted molar refractivity (Wildman–Crippen MR) is 139 cm³/mol. The summed E-state index contributed by atoms with van der Waals surface area (Å²) >= 11 is 3.19. The number of ether oxygens (including phenoxy) is 1. The minimum atomic E-state index is -0.401. The molecule has 0 amide bonds. The smallest absolute Gasteiger partial charge is 0.341 e. The lowest BCUT2D eigenvalue weighted by Gasteiger charge is -2.04. The molecule has 0 unspecified atom stereocenters. The third-order valence-electron chi connectivity index (χ3n) is 5.65. The normalized spacial score (nSPS) is 11.2. The Morgan fingerprint density at radius 2 is 1.65 bits per heavy atom. The second-order valence-corrected chi connectivity index (χ2v) is 10.2. The first-order valence-electron chi connectivity index (χ1n) is 11.2. The van der Waals surface area contributed by atoms with Crippen LogP contribution in [-0.4, -0.2) is 28.5 Å². The highest BCUT2D eigenvalue weighted by Gasteiger charge is 2.29. The second-order valence-electron chi connectivity index (χ2n) is 7.77. The fourth-order valence-electron chi connectivity index (χ4n) is 4.12. The average Bonchev–Trinajstić information content (AvgIpc) is 3.41. The van der Waals surface area contributed by atoms with Crippen LogP contribution in [-0.2, 0) is 11.2 Å². The molecule has 0 aliphatic heterocycles. The Kier molecular flexibility index (Phi) is 6.52. The molecular weight excluding hydrogens is 462 g/mol. The molecule has 5 rings (SSSR count). The SMILES string of the molecule is CCOC(=O)c1c2c(C(=O)c3ccccc3)sc(SCCc3ccccc3)c2n2ccccc12. The number of thiophene rings is 1. The van der Waals surface area contributed by atoms with Gasteiger partial charge in [0.25, 0.3) is 0 Å². The van der Waals surface area contributed by atoms with Gasteiger partial charge in [0.1, 0.15) is 0 Å². The molecule has 0 aliphatic carbocycles. The van der Waals surface area contributed by atoms with Crippen molar-refractivity contribution in [2.24, 2.45) is 0 Å². The maximum Gasteiger partial charge on any atom is 0.341 e. The fraction of sp³-hybridized carbons (Fsp3) is 0.143. The molecular formula is C28H23NO3S2. The average molecular weight is 486 g/mol. The van der Waals surface area contributed by atoms with Crippen LogP contribution < -0.4 is 0 Å². The first-order valence-corrected chi connectivity index (χ1v) is 13.0. The van der Waals surface area contributed by atoms with Gasteiger partial charge in [-0.25, -0.2) is 4.79 Å². The zero-order chi connectivity index (χ0) is 23.5. The van der Waals surface area contributed by atoms with Gasteiger partial charge in [0.15, 0.2) is 0 Å². The van der Waals surface area contributed by atoms with Crippen LogP contribution in [0.2, 0.25) is 0 Å².